The molecule has 8 nitrogen and oxygen atoms in total. The predicted octanol–water partition coefficient (Wildman–Crippen LogP) is 3.04. The van der Waals surface area contributed by atoms with E-state index in [1.807, 2.05) is 0 Å². The summed E-state index contributed by atoms with van der Waals surface area (Å²) < 4.78 is 26.9. The maximum absolute atomic E-state index is 12.7. The molecule has 1 aromatic heterocycles. The van der Waals surface area contributed by atoms with Crippen LogP contribution in [0.25, 0.3) is 11.3 Å². The number of halogens is 1. The molecule has 0 aliphatic carbocycles. The van der Waals surface area contributed by atoms with E-state index >= 15 is 0 Å². The van der Waals surface area contributed by atoms with E-state index in [1.54, 1.807) is 24.3 Å². The van der Waals surface area contributed by atoms with Crippen molar-refractivity contribution in [2.24, 2.45) is 0 Å². The van der Waals surface area contributed by atoms with E-state index in [9.17, 15) is 18.5 Å². The first kappa shape index (κ1) is 17.1. The third-order valence-electron chi connectivity index (χ3n) is 3.42. The summed E-state index contributed by atoms with van der Waals surface area (Å²) in [6.45, 7) is 0. The van der Waals surface area contributed by atoms with Crippen LogP contribution >= 0.6 is 15.9 Å². The molecule has 0 bridgehead atoms. The van der Waals surface area contributed by atoms with Crippen LogP contribution in [0, 0.1) is 10.1 Å². The number of rotatable bonds is 4. The number of anilines is 1. The molecule has 3 aromatic rings. The van der Waals surface area contributed by atoms with Gasteiger partial charge in [0.1, 0.15) is 5.82 Å². The van der Waals surface area contributed by atoms with Crippen LogP contribution in [0.15, 0.2) is 64.0 Å². The van der Waals surface area contributed by atoms with E-state index in [0.29, 0.717) is 15.3 Å². The summed E-state index contributed by atoms with van der Waals surface area (Å²) in [7, 11) is -4.06. The number of nitrogens with zero attached hydrogens (tertiary/aromatic N) is 3. The number of aromatic nitrogens is 2. The molecule has 1 heterocycles. The summed E-state index contributed by atoms with van der Waals surface area (Å²) in [5, 5.41) is 14.8. The van der Waals surface area contributed by atoms with E-state index in [4.69, 9.17) is 5.73 Å². The lowest BCUT2D eigenvalue weighted by Crippen LogP contribution is -2.16. The van der Waals surface area contributed by atoms with Crippen LogP contribution in [0.4, 0.5) is 11.5 Å². The molecule has 10 heteroatoms. The number of nitro groups is 1. The number of nitro benzene ring substituents is 1. The van der Waals surface area contributed by atoms with Crippen molar-refractivity contribution in [2.45, 2.75) is 4.90 Å². The fourth-order valence-electron chi connectivity index (χ4n) is 2.17. The molecule has 0 aliphatic rings. The molecule has 2 N–H and O–H groups in total. The second-order valence-electron chi connectivity index (χ2n) is 5.06. The highest BCUT2D eigenvalue weighted by Crippen LogP contribution is 2.26. The van der Waals surface area contributed by atoms with Crippen LogP contribution < -0.4 is 5.73 Å². The molecular formula is C15H11BrN4O4S. The largest absolute Gasteiger partial charge is 0.383 e. The van der Waals surface area contributed by atoms with Gasteiger partial charge in [0, 0.05) is 28.2 Å². The van der Waals surface area contributed by atoms with Gasteiger partial charge >= 0.3 is 0 Å². The molecule has 0 unspecified atom stereocenters. The van der Waals surface area contributed by atoms with Crippen molar-refractivity contribution in [1.29, 1.82) is 0 Å². The number of benzene rings is 2. The quantitative estimate of drug-likeness (QED) is 0.509. The van der Waals surface area contributed by atoms with Crippen LogP contribution in [-0.4, -0.2) is 22.5 Å². The second kappa shape index (κ2) is 6.30. The van der Waals surface area contributed by atoms with Crippen molar-refractivity contribution < 1.29 is 13.3 Å². The molecule has 0 amide bonds. The highest BCUT2D eigenvalue weighted by molar-refractivity contribution is 9.10. The van der Waals surface area contributed by atoms with Gasteiger partial charge in [-0.05, 0) is 24.3 Å². The van der Waals surface area contributed by atoms with E-state index in [2.05, 4.69) is 21.0 Å². The van der Waals surface area contributed by atoms with Crippen molar-refractivity contribution in [1.82, 2.24) is 9.19 Å². The highest BCUT2D eigenvalue weighted by Gasteiger charge is 2.22. The number of hydrogen-bond acceptors (Lipinski definition) is 6. The van der Waals surface area contributed by atoms with Gasteiger partial charge in [-0.15, -0.1) is 4.09 Å². The molecule has 0 atom stereocenters. The monoisotopic (exact) mass is 422 g/mol. The van der Waals surface area contributed by atoms with Crippen molar-refractivity contribution in [3.8, 4) is 11.3 Å². The minimum absolute atomic E-state index is 0.0590. The molecule has 0 saturated carbocycles. The SMILES string of the molecule is Nc1cc(-c2ccc(Br)cc2)nn1S(=O)(=O)c1ccc([N+](=O)[O-])cc1. The van der Waals surface area contributed by atoms with Crippen LogP contribution in [0.1, 0.15) is 0 Å². The second-order valence-corrected chi connectivity index (χ2v) is 7.74. The molecule has 3 rings (SSSR count). The van der Waals surface area contributed by atoms with Crippen molar-refractivity contribution in [3.63, 3.8) is 0 Å². The summed E-state index contributed by atoms with van der Waals surface area (Å²) in [5.41, 5.74) is 6.71. The van der Waals surface area contributed by atoms with Crippen molar-refractivity contribution >= 4 is 37.5 Å². The van der Waals surface area contributed by atoms with Gasteiger partial charge in [0.15, 0.2) is 0 Å². The standard InChI is InChI=1S/C15H11BrN4O4S/c16-11-3-1-10(2-4-11)14-9-15(17)19(18-14)25(23,24)13-7-5-12(6-8-13)20(21)22/h1-9H,17H2. The first-order chi connectivity index (χ1) is 11.8. The van der Waals surface area contributed by atoms with Crippen LogP contribution in [-0.2, 0) is 10.0 Å². The zero-order valence-corrected chi connectivity index (χ0v) is 14.9. The van der Waals surface area contributed by atoms with Gasteiger partial charge < -0.3 is 5.73 Å². The molecule has 0 spiro atoms. The van der Waals surface area contributed by atoms with Gasteiger partial charge in [-0.3, -0.25) is 10.1 Å². The smallest absolute Gasteiger partial charge is 0.284 e. The average Bonchev–Trinajstić information content (AvgIpc) is 2.98. The first-order valence-electron chi connectivity index (χ1n) is 6.90. The van der Waals surface area contributed by atoms with E-state index in [-0.39, 0.29) is 16.4 Å². The van der Waals surface area contributed by atoms with E-state index in [0.717, 1.165) is 28.7 Å². The Bertz CT molecular complexity index is 1040. The molecular weight excluding hydrogens is 412 g/mol. The Morgan fingerprint density at radius 2 is 1.68 bits per heavy atom. The zero-order valence-electron chi connectivity index (χ0n) is 12.5. The fourth-order valence-corrected chi connectivity index (χ4v) is 3.64. The maximum atomic E-state index is 12.7. The molecule has 0 radical (unpaired) electrons. The van der Waals surface area contributed by atoms with Gasteiger partial charge in [0.05, 0.1) is 15.5 Å². The van der Waals surface area contributed by atoms with Crippen LogP contribution in [0.3, 0.4) is 0 Å². The summed E-state index contributed by atoms with van der Waals surface area (Å²) in [4.78, 5) is 9.94. The molecule has 25 heavy (non-hydrogen) atoms. The molecule has 2 aromatic carbocycles. The minimum atomic E-state index is -4.06. The third kappa shape index (κ3) is 3.26. The average molecular weight is 423 g/mol. The maximum Gasteiger partial charge on any atom is 0.284 e. The number of hydrogen-bond donors (Lipinski definition) is 1. The van der Waals surface area contributed by atoms with Crippen molar-refractivity contribution in [3.05, 3.63) is 69.2 Å². The fraction of sp³-hybridized carbons (Fsp3) is 0. The van der Waals surface area contributed by atoms with Gasteiger partial charge in [-0.2, -0.15) is 13.5 Å². The Morgan fingerprint density at radius 3 is 2.24 bits per heavy atom. The lowest BCUT2D eigenvalue weighted by molar-refractivity contribution is -0.384. The van der Waals surface area contributed by atoms with Crippen LogP contribution in [0.2, 0.25) is 0 Å². The van der Waals surface area contributed by atoms with Gasteiger partial charge in [0.2, 0.25) is 0 Å². The zero-order chi connectivity index (χ0) is 18.2. The molecule has 128 valence electrons. The highest BCUT2D eigenvalue weighted by atomic mass is 79.9. The Morgan fingerprint density at radius 1 is 1.08 bits per heavy atom. The minimum Gasteiger partial charge on any atom is -0.383 e. The van der Waals surface area contributed by atoms with Gasteiger partial charge in [-0.1, -0.05) is 28.1 Å². The predicted molar refractivity (Wildman–Crippen MR) is 95.5 cm³/mol. The Hall–Kier alpha value is -2.72. The summed E-state index contributed by atoms with van der Waals surface area (Å²) in [5.74, 6) is -0.0590. The normalized spacial score (nSPS) is 11.4. The van der Waals surface area contributed by atoms with E-state index in [1.165, 1.54) is 6.07 Å². The van der Waals surface area contributed by atoms with Gasteiger partial charge in [0.25, 0.3) is 15.7 Å². The number of non-ortho nitro benzene ring substituents is 1. The lowest BCUT2D eigenvalue weighted by Gasteiger charge is -2.05. The Balaban J connectivity index is 2.03. The van der Waals surface area contributed by atoms with Gasteiger partial charge in [-0.25, -0.2) is 0 Å². The van der Waals surface area contributed by atoms with Crippen LogP contribution in [0.5, 0.6) is 0 Å². The lowest BCUT2D eigenvalue weighted by atomic mass is 10.2. The van der Waals surface area contributed by atoms with Crippen molar-refractivity contribution in [2.75, 3.05) is 5.73 Å². The summed E-state index contributed by atoms with van der Waals surface area (Å²) >= 11 is 3.32. The third-order valence-corrected chi connectivity index (χ3v) is 5.56. The molecule has 0 saturated heterocycles. The molecule has 0 aliphatic heterocycles. The summed E-state index contributed by atoms with van der Waals surface area (Å²) in [6.07, 6.45) is 0. The topological polar surface area (TPSA) is 121 Å². The molecule has 0 fully saturated rings. The number of nitrogens with two attached hydrogens (primary N) is 1. The van der Waals surface area contributed by atoms with E-state index < -0.39 is 14.9 Å². The Kier molecular flexibility index (Phi) is 4.31. The Labute approximate surface area is 151 Å². The first-order valence-corrected chi connectivity index (χ1v) is 9.14. The summed E-state index contributed by atoms with van der Waals surface area (Å²) in [6, 6.07) is 13.1. The number of nitrogen functional groups attached to an aromatic ring is 1.